The minimum absolute atomic E-state index is 0. The average molecular weight is 441 g/mol. The van der Waals surface area contributed by atoms with E-state index >= 15 is 0 Å². The summed E-state index contributed by atoms with van der Waals surface area (Å²) in [4.78, 5) is 0. The van der Waals surface area contributed by atoms with Crippen molar-refractivity contribution in [2.24, 2.45) is 0 Å². The third kappa shape index (κ3) is 27.2. The molecule has 0 unspecified atom stereocenters. The van der Waals surface area contributed by atoms with Gasteiger partial charge in [-0.3, -0.25) is 0 Å². The van der Waals surface area contributed by atoms with Crippen LogP contribution in [0.5, 0.6) is 0 Å². The minimum atomic E-state index is -1.85. The van der Waals surface area contributed by atoms with E-state index in [1.54, 1.807) is 0 Å². The number of benzene rings is 1. The molecule has 134 valence electrons. The minimum Gasteiger partial charge on any atom is -0.358 e. The summed E-state index contributed by atoms with van der Waals surface area (Å²) in [6.45, 7) is 5.31. The number of hydrogen-bond acceptors (Lipinski definition) is 2. The number of rotatable bonds is 1. The van der Waals surface area contributed by atoms with Crippen molar-refractivity contribution in [2.75, 3.05) is 13.2 Å². The molecule has 0 saturated carbocycles. The molecule has 0 radical (unpaired) electrons. The third-order valence-electron chi connectivity index (χ3n) is 1.65. The summed E-state index contributed by atoms with van der Waals surface area (Å²) >= 11 is -1.85. The Hall–Kier alpha value is 0.0431. The van der Waals surface area contributed by atoms with E-state index in [0.717, 1.165) is 0 Å². The van der Waals surface area contributed by atoms with E-state index in [1.165, 1.54) is 10.8 Å². The monoisotopic (exact) mass is 438 g/mol. The van der Waals surface area contributed by atoms with Gasteiger partial charge in [0.15, 0.2) is 0 Å². The van der Waals surface area contributed by atoms with E-state index in [2.05, 4.69) is 46.7 Å². The summed E-state index contributed by atoms with van der Waals surface area (Å²) in [7, 11) is 10.3. The summed E-state index contributed by atoms with van der Waals surface area (Å²) in [5.41, 5.74) is 6.69. The van der Waals surface area contributed by atoms with Crippen molar-refractivity contribution in [3.05, 3.63) is 55.6 Å². The van der Waals surface area contributed by atoms with Crippen LogP contribution in [0.2, 0.25) is 0 Å². The maximum absolute atomic E-state index is 7.62. The number of fused-ring (bicyclic) bond motifs is 1. The molecule has 0 aliphatic carbocycles. The van der Waals surface area contributed by atoms with E-state index in [4.69, 9.17) is 33.0 Å². The van der Waals surface area contributed by atoms with Gasteiger partial charge in [-0.05, 0) is 0 Å². The molecule has 3 N–H and O–H groups in total. The van der Waals surface area contributed by atoms with E-state index in [9.17, 15) is 0 Å². The molecule has 0 amide bonds. The second-order valence-electron chi connectivity index (χ2n) is 5.19. The molecule has 2 aromatic carbocycles. The molecule has 0 spiro atoms. The van der Waals surface area contributed by atoms with Crippen LogP contribution in [-0.4, -0.2) is 33.2 Å². The number of hydrogen-bond donors (Lipinski definition) is 2. The SMILES string of the molecule is CC(C)(C)[NH-].OCCO.[CH2]=[Zr]([Cl])[Cl].[CH3-].c1ccc2[cH-]ccc2c1. The molecular weight excluding hydrogens is 412 g/mol. The van der Waals surface area contributed by atoms with Gasteiger partial charge in [-0.1, -0.05) is 26.8 Å². The Kier molecular flexibility index (Phi) is 20.5. The van der Waals surface area contributed by atoms with Crippen LogP contribution in [0.15, 0.2) is 42.5 Å². The van der Waals surface area contributed by atoms with E-state index in [0.29, 0.717) is 0 Å². The van der Waals surface area contributed by atoms with Crippen molar-refractivity contribution in [1.82, 2.24) is 0 Å². The predicted octanol–water partition coefficient (Wildman–Crippen LogP) is 5.16. The first-order valence-corrected chi connectivity index (χ1v) is 14.8. The van der Waals surface area contributed by atoms with Gasteiger partial charge in [-0.2, -0.15) is 17.5 Å². The number of aliphatic hydroxyl groups excluding tert-OH is 2. The number of aliphatic hydroxyl groups is 2. The van der Waals surface area contributed by atoms with Crippen molar-refractivity contribution in [1.29, 1.82) is 0 Å². The Morgan fingerprint density at radius 1 is 1.13 bits per heavy atom. The van der Waals surface area contributed by atoms with Crippen LogP contribution >= 0.6 is 17.0 Å². The number of halogens is 2. The van der Waals surface area contributed by atoms with Gasteiger partial charge in [-0.25, -0.2) is 0 Å². The largest absolute Gasteiger partial charge is 0.358 e. The first-order chi connectivity index (χ1) is 10.1. The van der Waals surface area contributed by atoms with Crippen LogP contribution in [0.3, 0.4) is 0 Å². The molecule has 0 aliphatic heterocycles. The van der Waals surface area contributed by atoms with Crippen molar-refractivity contribution >= 4 is 32.0 Å². The fraction of sp³-hybridized carbons (Fsp3) is 0.353. The molecule has 6 heteroatoms. The van der Waals surface area contributed by atoms with E-state index in [-0.39, 0.29) is 26.2 Å². The van der Waals surface area contributed by atoms with Gasteiger partial charge in [-0.15, -0.1) is 35.2 Å². The fourth-order valence-electron chi connectivity index (χ4n) is 1.07. The summed E-state index contributed by atoms with van der Waals surface area (Å²) in [5.74, 6) is 0. The van der Waals surface area contributed by atoms with Crippen molar-refractivity contribution in [3.8, 4) is 0 Å². The Balaban J connectivity index is -0.000000250. The van der Waals surface area contributed by atoms with Gasteiger partial charge in [0.2, 0.25) is 0 Å². The van der Waals surface area contributed by atoms with Gasteiger partial charge in [0.1, 0.15) is 0 Å². The summed E-state index contributed by atoms with van der Waals surface area (Å²) < 4.78 is 3.37. The molecule has 0 aromatic heterocycles. The molecule has 0 heterocycles. The summed E-state index contributed by atoms with van der Waals surface area (Å²) in [6, 6.07) is 14.7. The Bertz CT molecular complexity index is 468. The van der Waals surface area contributed by atoms with E-state index < -0.39 is 18.9 Å². The standard InChI is InChI=1S/C9H7.C4H10N.C2H6O2.CH3.CH2.2ClH.Zr/c1-2-5-9-7-3-6-8(9)4-1;1-4(2,3)5;3-1-2-4;;;;;/h1-7H;5H,1-3H3;3-4H,1-2H2;1H3;1H2;2*1H;/q2*-1;;-1;;;;+2/p-2. The smallest absolute Gasteiger partial charge is 0.0809 e. The van der Waals surface area contributed by atoms with Gasteiger partial charge in [0, 0.05) is 0 Å². The zero-order chi connectivity index (χ0) is 17.6. The van der Waals surface area contributed by atoms with Gasteiger partial charge in [0.25, 0.3) is 0 Å². The second-order valence-corrected chi connectivity index (χ2v) is 13.4. The fourth-order valence-corrected chi connectivity index (χ4v) is 1.07. The Morgan fingerprint density at radius 2 is 1.52 bits per heavy atom. The first-order valence-electron chi connectivity index (χ1n) is 6.69. The van der Waals surface area contributed by atoms with Gasteiger partial charge >= 0.3 is 40.1 Å². The van der Waals surface area contributed by atoms with Crippen molar-refractivity contribution < 1.29 is 29.1 Å². The molecule has 2 aromatic rings. The zero-order valence-corrected chi connectivity index (χ0v) is 18.3. The molecule has 2 rings (SSSR count). The second kappa shape index (κ2) is 16.9. The van der Waals surface area contributed by atoms with Gasteiger partial charge < -0.3 is 23.4 Å². The quantitative estimate of drug-likeness (QED) is 0.602. The average Bonchev–Trinajstić information content (AvgIpc) is 2.84. The van der Waals surface area contributed by atoms with Crippen LogP contribution in [0.4, 0.5) is 0 Å². The molecule has 0 fully saturated rings. The summed E-state index contributed by atoms with van der Waals surface area (Å²) in [6.07, 6.45) is 0. The normalized spacial score (nSPS) is 9.04. The van der Waals surface area contributed by atoms with Crippen LogP contribution in [-0.2, 0) is 18.9 Å². The summed E-state index contributed by atoms with van der Waals surface area (Å²) in [5, 5.41) is 17.9. The first kappa shape index (κ1) is 27.9. The van der Waals surface area contributed by atoms with Crippen molar-refractivity contribution in [2.45, 2.75) is 26.3 Å². The molecule has 0 saturated heterocycles. The molecule has 23 heavy (non-hydrogen) atoms. The number of nitrogens with one attached hydrogen (secondary N) is 1. The topological polar surface area (TPSA) is 64.3 Å². The zero-order valence-electron chi connectivity index (χ0n) is 14.3. The van der Waals surface area contributed by atoms with Crippen LogP contribution in [0, 0.1) is 7.43 Å². The molecule has 0 atom stereocenters. The Labute approximate surface area is 155 Å². The molecule has 0 bridgehead atoms. The van der Waals surface area contributed by atoms with E-state index in [1.807, 2.05) is 20.8 Å². The van der Waals surface area contributed by atoms with Crippen LogP contribution < -0.4 is 0 Å². The predicted molar refractivity (Wildman–Crippen MR) is 103 cm³/mol. The molecular formula is C17H28Cl2NO2Zr-3. The Morgan fingerprint density at radius 3 is 1.87 bits per heavy atom. The molecule has 3 nitrogen and oxygen atoms in total. The van der Waals surface area contributed by atoms with Gasteiger partial charge in [0.05, 0.1) is 13.2 Å². The maximum Gasteiger partial charge on any atom is -0.0809 e. The van der Waals surface area contributed by atoms with Crippen LogP contribution in [0.1, 0.15) is 20.8 Å². The molecule has 0 aliphatic rings. The maximum atomic E-state index is 7.62. The van der Waals surface area contributed by atoms with Crippen LogP contribution in [0.25, 0.3) is 16.5 Å². The third-order valence-corrected chi connectivity index (χ3v) is 1.65. The van der Waals surface area contributed by atoms with Crippen molar-refractivity contribution in [3.63, 3.8) is 0 Å².